The smallest absolute Gasteiger partial charge is 0.257 e. The lowest BCUT2D eigenvalue weighted by Crippen LogP contribution is -2.54. The van der Waals surface area contributed by atoms with Gasteiger partial charge < -0.3 is 15.0 Å². The monoisotopic (exact) mass is 502 g/mol. The molecule has 3 aliphatic rings. The van der Waals surface area contributed by atoms with Crippen molar-refractivity contribution in [3.05, 3.63) is 93.5 Å². The van der Waals surface area contributed by atoms with Crippen LogP contribution in [0.15, 0.2) is 71.2 Å². The maximum Gasteiger partial charge on any atom is 0.257 e. The molecule has 1 N–H and O–H groups in total. The number of carbonyl (C=O) groups is 2. The molecule has 0 aliphatic carbocycles. The topological polar surface area (TPSA) is 58.6 Å². The zero-order valence-corrected chi connectivity index (χ0v) is 19.9. The van der Waals surface area contributed by atoms with Crippen molar-refractivity contribution in [3.63, 3.8) is 0 Å². The van der Waals surface area contributed by atoms with Gasteiger partial charge in [-0.1, -0.05) is 57.9 Å². The summed E-state index contributed by atoms with van der Waals surface area (Å²) >= 11 is 3.59. The Kier molecular flexibility index (Phi) is 4.46. The molecule has 6 rings (SSSR count). The van der Waals surface area contributed by atoms with Crippen LogP contribution in [-0.2, 0) is 4.79 Å². The second-order valence-electron chi connectivity index (χ2n) is 9.32. The summed E-state index contributed by atoms with van der Waals surface area (Å²) in [5.41, 5.74) is 2.95. The molecular weight excluding hydrogens is 480 g/mol. The molecule has 33 heavy (non-hydrogen) atoms. The number of hydrogen-bond donors (Lipinski definition) is 1. The van der Waals surface area contributed by atoms with E-state index in [1.165, 1.54) is 0 Å². The summed E-state index contributed by atoms with van der Waals surface area (Å²) < 4.78 is 7.11. The van der Waals surface area contributed by atoms with Crippen molar-refractivity contribution in [2.24, 2.45) is 5.92 Å². The van der Waals surface area contributed by atoms with Crippen molar-refractivity contribution in [1.29, 1.82) is 0 Å². The normalized spacial score (nSPS) is 27.5. The molecule has 3 heterocycles. The first-order valence-corrected chi connectivity index (χ1v) is 11.9. The molecule has 3 aromatic rings. The Balaban J connectivity index is 1.64. The number of rotatable bonds is 1. The van der Waals surface area contributed by atoms with Gasteiger partial charge in [-0.2, -0.15) is 0 Å². The van der Waals surface area contributed by atoms with Gasteiger partial charge in [-0.3, -0.25) is 9.59 Å². The fourth-order valence-electron chi connectivity index (χ4n) is 6.00. The van der Waals surface area contributed by atoms with Crippen molar-refractivity contribution in [2.45, 2.75) is 31.3 Å². The molecule has 3 aliphatic heterocycles. The third-order valence-electron chi connectivity index (χ3n) is 7.43. The lowest BCUT2D eigenvalue weighted by molar-refractivity contribution is -0.125. The fourth-order valence-corrected chi connectivity index (χ4v) is 6.38. The van der Waals surface area contributed by atoms with Crippen LogP contribution < -0.4 is 10.1 Å². The van der Waals surface area contributed by atoms with Gasteiger partial charge in [0.15, 0.2) is 0 Å². The minimum absolute atomic E-state index is 0.0692. The summed E-state index contributed by atoms with van der Waals surface area (Å²) in [6.07, 6.45) is 0. The fraction of sp³-hybridized carbons (Fsp3) is 0.259. The van der Waals surface area contributed by atoms with Gasteiger partial charge in [-0.15, -0.1) is 0 Å². The van der Waals surface area contributed by atoms with Gasteiger partial charge in [-0.25, -0.2) is 0 Å². The molecule has 0 spiro atoms. The summed E-state index contributed by atoms with van der Waals surface area (Å²) in [5.74, 6) is 0.168. The van der Waals surface area contributed by atoms with Crippen LogP contribution in [0, 0.1) is 12.8 Å². The number of benzene rings is 3. The molecule has 6 heteroatoms. The van der Waals surface area contributed by atoms with Crippen molar-refractivity contribution in [1.82, 2.24) is 4.90 Å². The van der Waals surface area contributed by atoms with E-state index in [0.29, 0.717) is 17.9 Å². The van der Waals surface area contributed by atoms with Gasteiger partial charge >= 0.3 is 0 Å². The Hall–Kier alpha value is -3.12. The lowest BCUT2D eigenvalue weighted by atomic mass is 9.73. The number of amides is 2. The molecule has 0 aromatic heterocycles. The standard InChI is InChI=1S/C27H23BrN2O3/c1-15-8-10-21-18(12-15)25(31)30-24-19-13-17(28)9-11-22(19)33-14-20(24)23(16-6-4-3-5-7-16)27(30,2)26(32)29-21/h3-13,20,23-24H,14H2,1-2H3,(H,29,32)/t20-,23+,24+,27-/m1/s1. The van der Waals surface area contributed by atoms with E-state index >= 15 is 0 Å². The summed E-state index contributed by atoms with van der Waals surface area (Å²) in [7, 11) is 0. The van der Waals surface area contributed by atoms with Crippen LogP contribution in [0.2, 0.25) is 0 Å². The van der Waals surface area contributed by atoms with Crippen molar-refractivity contribution >= 4 is 33.4 Å². The third kappa shape index (κ3) is 2.83. The SMILES string of the molecule is Cc1ccc2c(c1)C(=O)N1[C@H]3c4cc(Br)ccc4OC[C@@H]3[C@H](c3ccccc3)[C@]1(C)C(=O)N2. The minimum Gasteiger partial charge on any atom is -0.493 e. The molecule has 2 amide bonds. The largest absolute Gasteiger partial charge is 0.493 e. The lowest BCUT2D eigenvalue weighted by Gasteiger charge is -2.38. The average molecular weight is 503 g/mol. The van der Waals surface area contributed by atoms with Crippen LogP contribution in [0.3, 0.4) is 0 Å². The van der Waals surface area contributed by atoms with Gasteiger partial charge in [0, 0.05) is 21.9 Å². The molecule has 1 saturated heterocycles. The van der Waals surface area contributed by atoms with Crippen LogP contribution in [-0.4, -0.2) is 28.9 Å². The molecule has 0 radical (unpaired) electrons. The van der Waals surface area contributed by atoms with Crippen LogP contribution in [0.25, 0.3) is 0 Å². The van der Waals surface area contributed by atoms with Crippen molar-refractivity contribution in [2.75, 3.05) is 11.9 Å². The van der Waals surface area contributed by atoms with E-state index in [1.807, 2.05) is 85.5 Å². The molecule has 166 valence electrons. The van der Waals surface area contributed by atoms with Gasteiger partial charge in [0.1, 0.15) is 11.3 Å². The quantitative estimate of drug-likeness (QED) is 0.480. The van der Waals surface area contributed by atoms with E-state index in [1.54, 1.807) is 0 Å². The number of halogens is 1. The summed E-state index contributed by atoms with van der Waals surface area (Å²) in [4.78, 5) is 30.0. The number of nitrogens with one attached hydrogen (secondary N) is 1. The molecular formula is C27H23BrN2O3. The molecule has 0 saturated carbocycles. The number of anilines is 1. The molecule has 0 unspecified atom stereocenters. The third-order valence-corrected chi connectivity index (χ3v) is 7.92. The molecule has 0 bridgehead atoms. The van der Waals surface area contributed by atoms with E-state index in [4.69, 9.17) is 4.74 Å². The average Bonchev–Trinajstić information content (AvgIpc) is 3.06. The van der Waals surface area contributed by atoms with Gasteiger partial charge in [-0.05, 0) is 49.7 Å². The second kappa shape index (κ2) is 7.19. The number of nitrogens with zero attached hydrogens (tertiary/aromatic N) is 1. The zero-order chi connectivity index (χ0) is 22.9. The van der Waals surface area contributed by atoms with Crippen molar-refractivity contribution < 1.29 is 14.3 Å². The zero-order valence-electron chi connectivity index (χ0n) is 18.3. The highest BCUT2D eigenvalue weighted by Crippen LogP contribution is 2.60. The van der Waals surface area contributed by atoms with Crippen LogP contribution in [0.5, 0.6) is 5.75 Å². The van der Waals surface area contributed by atoms with Crippen molar-refractivity contribution in [3.8, 4) is 5.75 Å². The van der Waals surface area contributed by atoms with E-state index in [-0.39, 0.29) is 29.7 Å². The second-order valence-corrected chi connectivity index (χ2v) is 10.2. The number of aryl methyl sites for hydroxylation is 1. The maximum absolute atomic E-state index is 14.2. The maximum atomic E-state index is 14.2. The van der Waals surface area contributed by atoms with Gasteiger partial charge in [0.2, 0.25) is 0 Å². The predicted octanol–water partition coefficient (Wildman–Crippen LogP) is 5.46. The molecule has 1 fully saturated rings. The molecule has 4 atom stereocenters. The number of ether oxygens (including phenoxy) is 1. The highest BCUT2D eigenvalue weighted by Gasteiger charge is 2.65. The van der Waals surface area contributed by atoms with Crippen LogP contribution >= 0.6 is 15.9 Å². The highest BCUT2D eigenvalue weighted by molar-refractivity contribution is 9.10. The Morgan fingerprint density at radius 3 is 2.64 bits per heavy atom. The Morgan fingerprint density at radius 1 is 1.06 bits per heavy atom. The Morgan fingerprint density at radius 2 is 1.85 bits per heavy atom. The first-order valence-electron chi connectivity index (χ1n) is 11.1. The van der Waals surface area contributed by atoms with Gasteiger partial charge in [0.05, 0.1) is 23.9 Å². The van der Waals surface area contributed by atoms with E-state index in [9.17, 15) is 9.59 Å². The predicted molar refractivity (Wildman–Crippen MR) is 129 cm³/mol. The first-order chi connectivity index (χ1) is 15.9. The summed E-state index contributed by atoms with van der Waals surface area (Å²) in [6, 6.07) is 21.3. The molecule has 3 aromatic carbocycles. The summed E-state index contributed by atoms with van der Waals surface area (Å²) in [5, 5.41) is 3.09. The highest BCUT2D eigenvalue weighted by atomic mass is 79.9. The summed E-state index contributed by atoms with van der Waals surface area (Å²) in [6.45, 7) is 4.30. The first kappa shape index (κ1) is 20.5. The number of hydrogen-bond acceptors (Lipinski definition) is 3. The van der Waals surface area contributed by atoms with Gasteiger partial charge in [0.25, 0.3) is 11.8 Å². The molecule has 5 nitrogen and oxygen atoms in total. The number of fused-ring (bicyclic) bond motifs is 6. The van der Waals surface area contributed by atoms with E-state index in [0.717, 1.165) is 26.9 Å². The van der Waals surface area contributed by atoms with Crippen LogP contribution in [0.4, 0.5) is 5.69 Å². The van der Waals surface area contributed by atoms with Crippen LogP contribution in [0.1, 0.15) is 45.9 Å². The minimum atomic E-state index is -1.09. The Labute approximate surface area is 200 Å². The number of carbonyl (C=O) groups excluding carboxylic acids is 2. The van der Waals surface area contributed by atoms with E-state index < -0.39 is 5.54 Å². The van der Waals surface area contributed by atoms with E-state index in [2.05, 4.69) is 21.2 Å². The Bertz CT molecular complexity index is 1310.